The number of piperidine rings is 1. The molecule has 0 saturated carbocycles. The van der Waals surface area contributed by atoms with Crippen LogP contribution in [0.3, 0.4) is 0 Å². The molecule has 1 amide bonds. The maximum absolute atomic E-state index is 12.1. The van der Waals surface area contributed by atoms with Crippen molar-refractivity contribution in [2.24, 2.45) is 0 Å². The molecule has 1 atom stereocenters. The molecule has 1 aromatic heterocycles. The molecule has 2 heterocycles. The summed E-state index contributed by atoms with van der Waals surface area (Å²) in [5.74, 6) is 0.206. The largest absolute Gasteiger partial charge is 0.341 e. The predicted octanol–water partition coefficient (Wildman–Crippen LogP) is 1.26. The molecule has 5 heteroatoms. The summed E-state index contributed by atoms with van der Waals surface area (Å²) in [6, 6.07) is 4.26. The van der Waals surface area contributed by atoms with Crippen molar-refractivity contribution in [3.05, 3.63) is 30.1 Å². The average Bonchev–Trinajstić information content (AvgIpc) is 2.40. The highest BCUT2D eigenvalue weighted by atomic mass is 35.5. The highest BCUT2D eigenvalue weighted by molar-refractivity contribution is 5.85. The maximum atomic E-state index is 12.1. The van der Waals surface area contributed by atoms with Gasteiger partial charge in [-0.1, -0.05) is 6.07 Å². The smallest absolute Gasteiger partial charge is 0.227 e. The topological polar surface area (TPSA) is 45.2 Å². The van der Waals surface area contributed by atoms with Gasteiger partial charge in [0.15, 0.2) is 0 Å². The fraction of sp³-hybridized carbons (Fsp3) is 0.538. The highest BCUT2D eigenvalue weighted by Crippen LogP contribution is 2.11. The first kappa shape index (κ1) is 14.9. The third-order valence-electron chi connectivity index (χ3n) is 3.26. The van der Waals surface area contributed by atoms with E-state index >= 15 is 0 Å². The van der Waals surface area contributed by atoms with E-state index in [1.807, 2.05) is 24.1 Å². The van der Waals surface area contributed by atoms with Gasteiger partial charge in [0.05, 0.1) is 6.42 Å². The third-order valence-corrected chi connectivity index (χ3v) is 3.26. The van der Waals surface area contributed by atoms with Gasteiger partial charge in [-0.2, -0.15) is 0 Å². The number of pyridine rings is 1. The molecule has 1 saturated heterocycles. The summed E-state index contributed by atoms with van der Waals surface area (Å²) in [5.41, 5.74) is 0.990. The lowest BCUT2D eigenvalue weighted by atomic mass is 10.0. The Morgan fingerprint density at radius 3 is 3.11 bits per heavy atom. The monoisotopic (exact) mass is 269 g/mol. The normalized spacial score (nSPS) is 19.2. The Morgan fingerprint density at radius 2 is 2.44 bits per heavy atom. The number of carbonyl (C=O) groups is 1. The lowest BCUT2D eigenvalue weighted by Gasteiger charge is -2.32. The van der Waals surface area contributed by atoms with Crippen molar-refractivity contribution in [2.45, 2.75) is 25.3 Å². The second kappa shape index (κ2) is 7.34. The Hall–Kier alpha value is -1.13. The molecule has 1 unspecified atom stereocenters. The van der Waals surface area contributed by atoms with Gasteiger partial charge in [0.2, 0.25) is 5.91 Å². The van der Waals surface area contributed by atoms with E-state index in [0.29, 0.717) is 12.5 Å². The molecule has 2 rings (SSSR count). The fourth-order valence-corrected chi connectivity index (χ4v) is 2.23. The zero-order chi connectivity index (χ0) is 12.1. The highest BCUT2D eigenvalue weighted by Gasteiger charge is 2.22. The molecule has 1 aromatic rings. The van der Waals surface area contributed by atoms with E-state index in [-0.39, 0.29) is 18.3 Å². The molecule has 100 valence electrons. The molecule has 18 heavy (non-hydrogen) atoms. The van der Waals surface area contributed by atoms with Gasteiger partial charge >= 0.3 is 0 Å². The average molecular weight is 270 g/mol. The number of likely N-dealkylation sites (tertiary alicyclic amines) is 1. The van der Waals surface area contributed by atoms with E-state index in [1.54, 1.807) is 12.4 Å². The van der Waals surface area contributed by atoms with Crippen LogP contribution >= 0.6 is 12.4 Å². The number of nitrogens with one attached hydrogen (secondary N) is 1. The van der Waals surface area contributed by atoms with E-state index in [1.165, 1.54) is 0 Å². The van der Waals surface area contributed by atoms with E-state index in [2.05, 4.69) is 10.3 Å². The summed E-state index contributed by atoms with van der Waals surface area (Å²) >= 11 is 0. The van der Waals surface area contributed by atoms with Crippen LogP contribution in [0.2, 0.25) is 0 Å². The summed E-state index contributed by atoms with van der Waals surface area (Å²) in [6.07, 6.45) is 6.20. The molecule has 1 fully saturated rings. The minimum Gasteiger partial charge on any atom is -0.341 e. The van der Waals surface area contributed by atoms with Crippen molar-refractivity contribution in [3.63, 3.8) is 0 Å². The number of likely N-dealkylation sites (N-methyl/N-ethyl adjacent to an activating group) is 1. The maximum Gasteiger partial charge on any atom is 0.227 e. The van der Waals surface area contributed by atoms with Crippen LogP contribution in [-0.4, -0.2) is 42.0 Å². The Kier molecular flexibility index (Phi) is 6.09. The quantitative estimate of drug-likeness (QED) is 0.899. The van der Waals surface area contributed by atoms with Crippen molar-refractivity contribution in [1.29, 1.82) is 0 Å². The van der Waals surface area contributed by atoms with Gasteiger partial charge in [-0.15, -0.1) is 12.4 Å². The Morgan fingerprint density at radius 1 is 1.61 bits per heavy atom. The van der Waals surface area contributed by atoms with Crippen molar-refractivity contribution in [2.75, 3.05) is 20.1 Å². The van der Waals surface area contributed by atoms with E-state index in [4.69, 9.17) is 0 Å². The van der Waals surface area contributed by atoms with Crippen LogP contribution in [-0.2, 0) is 11.2 Å². The summed E-state index contributed by atoms with van der Waals surface area (Å²) in [4.78, 5) is 18.1. The van der Waals surface area contributed by atoms with E-state index in [9.17, 15) is 4.79 Å². The summed E-state index contributed by atoms with van der Waals surface area (Å²) in [7, 11) is 1.96. The molecule has 1 aliphatic rings. The van der Waals surface area contributed by atoms with Gasteiger partial charge in [0.25, 0.3) is 0 Å². The van der Waals surface area contributed by atoms with Gasteiger partial charge in [-0.05, 0) is 31.5 Å². The van der Waals surface area contributed by atoms with Crippen LogP contribution in [0, 0.1) is 0 Å². The van der Waals surface area contributed by atoms with Crippen LogP contribution in [0.15, 0.2) is 24.5 Å². The summed E-state index contributed by atoms with van der Waals surface area (Å²) in [5, 5.41) is 3.25. The fourth-order valence-electron chi connectivity index (χ4n) is 2.23. The van der Waals surface area contributed by atoms with E-state index in [0.717, 1.165) is 31.5 Å². The number of nitrogens with zero attached hydrogens (tertiary/aromatic N) is 2. The Balaban J connectivity index is 0.00000162. The van der Waals surface area contributed by atoms with Gasteiger partial charge in [-0.25, -0.2) is 0 Å². The van der Waals surface area contributed by atoms with Crippen molar-refractivity contribution in [3.8, 4) is 0 Å². The third kappa shape index (κ3) is 3.96. The van der Waals surface area contributed by atoms with Gasteiger partial charge in [-0.3, -0.25) is 9.78 Å². The Bertz CT molecular complexity index is 372. The molecule has 0 bridgehead atoms. The lowest BCUT2D eigenvalue weighted by Crippen LogP contribution is -2.47. The minimum atomic E-state index is 0. The number of hydrogen-bond acceptors (Lipinski definition) is 3. The van der Waals surface area contributed by atoms with Gasteiger partial charge < -0.3 is 10.2 Å². The minimum absolute atomic E-state index is 0. The number of hydrogen-bond donors (Lipinski definition) is 1. The van der Waals surface area contributed by atoms with E-state index < -0.39 is 0 Å². The second-order valence-electron chi connectivity index (χ2n) is 4.51. The van der Waals surface area contributed by atoms with Crippen LogP contribution in [0.25, 0.3) is 0 Å². The standard InChI is InChI=1S/C13H19N3O.ClH/c1-14-12-5-3-7-16(10-12)13(17)8-11-4-2-6-15-9-11;/h2,4,6,9,12,14H,3,5,7-8,10H2,1H3;1H. The lowest BCUT2D eigenvalue weighted by molar-refractivity contribution is -0.131. The van der Waals surface area contributed by atoms with Gasteiger partial charge in [0, 0.05) is 31.5 Å². The molecule has 0 radical (unpaired) electrons. The Labute approximate surface area is 114 Å². The van der Waals surface area contributed by atoms with Crippen LogP contribution < -0.4 is 5.32 Å². The van der Waals surface area contributed by atoms with Crippen molar-refractivity contribution in [1.82, 2.24) is 15.2 Å². The first-order valence-electron chi connectivity index (χ1n) is 6.13. The van der Waals surface area contributed by atoms with Crippen LogP contribution in [0.4, 0.5) is 0 Å². The molecule has 0 aliphatic carbocycles. The number of rotatable bonds is 3. The molecule has 1 N–H and O–H groups in total. The molecular weight excluding hydrogens is 250 g/mol. The summed E-state index contributed by atoms with van der Waals surface area (Å²) < 4.78 is 0. The first-order chi connectivity index (χ1) is 8.29. The van der Waals surface area contributed by atoms with Crippen molar-refractivity contribution < 1.29 is 4.79 Å². The van der Waals surface area contributed by atoms with Gasteiger partial charge in [0.1, 0.15) is 0 Å². The molecule has 4 nitrogen and oxygen atoms in total. The van der Waals surface area contributed by atoms with Crippen LogP contribution in [0.5, 0.6) is 0 Å². The number of halogens is 1. The molecular formula is C13H20ClN3O. The first-order valence-corrected chi connectivity index (χ1v) is 6.13. The summed E-state index contributed by atoms with van der Waals surface area (Å²) in [6.45, 7) is 1.72. The zero-order valence-corrected chi connectivity index (χ0v) is 11.4. The zero-order valence-electron chi connectivity index (χ0n) is 10.6. The number of amides is 1. The van der Waals surface area contributed by atoms with Crippen molar-refractivity contribution >= 4 is 18.3 Å². The molecule has 0 aromatic carbocycles. The molecule has 1 aliphatic heterocycles. The molecule has 0 spiro atoms. The predicted molar refractivity (Wildman–Crippen MR) is 73.9 cm³/mol. The SMILES string of the molecule is CNC1CCCN(C(=O)Cc2cccnc2)C1.Cl. The number of carbonyl (C=O) groups excluding carboxylic acids is 1. The second-order valence-corrected chi connectivity index (χ2v) is 4.51. The van der Waals surface area contributed by atoms with Crippen LogP contribution in [0.1, 0.15) is 18.4 Å². The number of aromatic nitrogens is 1.